The second kappa shape index (κ2) is 6.67. The van der Waals surface area contributed by atoms with Gasteiger partial charge in [0.15, 0.2) is 12.1 Å². The van der Waals surface area contributed by atoms with Crippen LogP contribution in [-0.4, -0.2) is 43.1 Å². The Balaban J connectivity index is 1.77. The first-order chi connectivity index (χ1) is 11.5. The second-order valence-electron chi connectivity index (χ2n) is 6.59. The van der Waals surface area contributed by atoms with Gasteiger partial charge in [0.1, 0.15) is 5.75 Å². The molecule has 1 saturated carbocycles. The maximum Gasteiger partial charge on any atom is 0.168 e. The highest BCUT2D eigenvalue weighted by atomic mass is 16.7. The summed E-state index contributed by atoms with van der Waals surface area (Å²) in [7, 11) is 1.54. The van der Waals surface area contributed by atoms with Gasteiger partial charge in [-0.2, -0.15) is 0 Å². The summed E-state index contributed by atoms with van der Waals surface area (Å²) in [5, 5.41) is 11.0. The summed E-state index contributed by atoms with van der Waals surface area (Å²) in [5.74, 6) is 0.0609. The smallest absolute Gasteiger partial charge is 0.168 e. The van der Waals surface area contributed by atoms with E-state index in [9.17, 15) is 9.90 Å². The van der Waals surface area contributed by atoms with Crippen LogP contribution in [0.15, 0.2) is 23.8 Å². The molecule has 1 aromatic carbocycles. The summed E-state index contributed by atoms with van der Waals surface area (Å²) < 4.78 is 16.6. The van der Waals surface area contributed by atoms with Gasteiger partial charge in [-0.15, -0.1) is 0 Å². The molecule has 0 bridgehead atoms. The predicted octanol–water partition coefficient (Wildman–Crippen LogP) is 2.96. The Morgan fingerprint density at radius 1 is 1.21 bits per heavy atom. The van der Waals surface area contributed by atoms with Crippen molar-refractivity contribution in [2.45, 2.75) is 44.0 Å². The van der Waals surface area contributed by atoms with Crippen LogP contribution in [0.3, 0.4) is 0 Å². The van der Waals surface area contributed by atoms with E-state index in [2.05, 4.69) is 0 Å². The Hall–Kier alpha value is -1.69. The van der Waals surface area contributed by atoms with Crippen molar-refractivity contribution in [1.82, 2.24) is 0 Å². The number of hydrogen-bond acceptors (Lipinski definition) is 5. The minimum absolute atomic E-state index is 0.489. The zero-order chi connectivity index (χ0) is 17.2. The number of benzene rings is 1. The number of carbonyl (C=O) groups excluding carboxylic acids is 1. The van der Waals surface area contributed by atoms with Gasteiger partial charge in [0.25, 0.3) is 0 Å². The molecule has 0 aromatic heterocycles. The molecule has 1 N–H and O–H groups in total. The largest absolute Gasteiger partial charge is 0.496 e. The van der Waals surface area contributed by atoms with Gasteiger partial charge in [-0.1, -0.05) is 12.1 Å². The van der Waals surface area contributed by atoms with Crippen LogP contribution < -0.4 is 4.74 Å². The maximum atomic E-state index is 11.2. The molecular formula is C19H24O5. The zero-order valence-corrected chi connectivity index (χ0v) is 14.2. The van der Waals surface area contributed by atoms with Crippen molar-refractivity contribution in [1.29, 1.82) is 0 Å². The number of aldehydes is 1. The molecule has 5 nitrogen and oxygen atoms in total. The Morgan fingerprint density at radius 3 is 2.46 bits per heavy atom. The van der Waals surface area contributed by atoms with E-state index < -0.39 is 11.4 Å². The van der Waals surface area contributed by atoms with E-state index in [1.54, 1.807) is 12.1 Å². The fourth-order valence-electron chi connectivity index (χ4n) is 3.54. The van der Waals surface area contributed by atoms with Crippen molar-refractivity contribution < 1.29 is 24.1 Å². The molecule has 24 heavy (non-hydrogen) atoms. The van der Waals surface area contributed by atoms with Gasteiger partial charge in [-0.05, 0) is 43.0 Å². The molecule has 1 aromatic rings. The molecule has 5 heteroatoms. The third kappa shape index (κ3) is 3.24. The third-order valence-corrected chi connectivity index (χ3v) is 5.15. The molecule has 1 spiro atoms. The van der Waals surface area contributed by atoms with Crippen LogP contribution in [0, 0.1) is 0 Å². The number of aliphatic hydroxyl groups is 1. The molecule has 130 valence electrons. The summed E-state index contributed by atoms with van der Waals surface area (Å²) in [5.41, 5.74) is 1.40. The topological polar surface area (TPSA) is 65.0 Å². The summed E-state index contributed by atoms with van der Waals surface area (Å²) in [6.07, 6.45) is 5.30. The van der Waals surface area contributed by atoms with Gasteiger partial charge in [-0.25, -0.2) is 0 Å². The first kappa shape index (κ1) is 17.1. The van der Waals surface area contributed by atoms with Gasteiger partial charge in [0.2, 0.25) is 0 Å². The van der Waals surface area contributed by atoms with Crippen LogP contribution in [0.1, 0.15) is 48.5 Å². The monoisotopic (exact) mass is 332 g/mol. The lowest BCUT2D eigenvalue weighted by Gasteiger charge is -2.41. The Bertz CT molecular complexity index is 633. The van der Waals surface area contributed by atoms with Gasteiger partial charge in [0, 0.05) is 12.8 Å². The fraction of sp³-hybridized carbons (Fsp3) is 0.526. The Labute approximate surface area is 142 Å². The minimum Gasteiger partial charge on any atom is -0.496 e. The van der Waals surface area contributed by atoms with Crippen LogP contribution in [0.25, 0.3) is 6.08 Å². The van der Waals surface area contributed by atoms with E-state index in [4.69, 9.17) is 14.2 Å². The molecular weight excluding hydrogens is 308 g/mol. The predicted molar refractivity (Wildman–Crippen MR) is 90.1 cm³/mol. The van der Waals surface area contributed by atoms with Crippen molar-refractivity contribution in [3.63, 3.8) is 0 Å². The number of hydrogen-bond donors (Lipinski definition) is 1. The quantitative estimate of drug-likeness (QED) is 0.859. The van der Waals surface area contributed by atoms with Crippen LogP contribution in [0.4, 0.5) is 0 Å². The second-order valence-corrected chi connectivity index (χ2v) is 6.59. The highest BCUT2D eigenvalue weighted by Crippen LogP contribution is 2.43. The van der Waals surface area contributed by atoms with E-state index in [0.29, 0.717) is 50.2 Å². The highest BCUT2D eigenvalue weighted by molar-refractivity contribution is 5.81. The molecule has 2 fully saturated rings. The molecule has 1 aliphatic carbocycles. The van der Waals surface area contributed by atoms with E-state index in [-0.39, 0.29) is 0 Å². The average molecular weight is 332 g/mol. The van der Waals surface area contributed by atoms with E-state index in [0.717, 1.165) is 17.4 Å². The van der Waals surface area contributed by atoms with Crippen molar-refractivity contribution in [2.24, 2.45) is 0 Å². The molecule has 2 aliphatic rings. The van der Waals surface area contributed by atoms with Gasteiger partial charge < -0.3 is 19.3 Å². The molecule has 0 amide bonds. The minimum atomic E-state index is -0.859. The molecule has 0 radical (unpaired) electrons. The van der Waals surface area contributed by atoms with Gasteiger partial charge >= 0.3 is 0 Å². The first-order valence-electron chi connectivity index (χ1n) is 8.33. The van der Waals surface area contributed by atoms with Crippen LogP contribution >= 0.6 is 0 Å². The third-order valence-electron chi connectivity index (χ3n) is 5.15. The van der Waals surface area contributed by atoms with E-state index >= 15 is 0 Å². The molecule has 0 atom stereocenters. The maximum absolute atomic E-state index is 11.2. The van der Waals surface area contributed by atoms with Gasteiger partial charge in [-0.3, -0.25) is 4.79 Å². The number of ether oxygens (including phenoxy) is 3. The SMILES string of the molecule is COc1ccc(/C=C(\C)C2(O)CCC3(CC2)OCCO3)cc1C=O. The number of methoxy groups -OCH3 is 1. The number of rotatable bonds is 4. The van der Waals surface area contributed by atoms with Crippen molar-refractivity contribution in [2.75, 3.05) is 20.3 Å². The van der Waals surface area contributed by atoms with Crippen molar-refractivity contribution in [3.8, 4) is 5.75 Å². The molecule has 1 heterocycles. The fourth-order valence-corrected chi connectivity index (χ4v) is 3.54. The Kier molecular flexibility index (Phi) is 4.76. The molecule has 1 aliphatic heterocycles. The average Bonchev–Trinajstić information content (AvgIpc) is 3.06. The van der Waals surface area contributed by atoms with Crippen molar-refractivity contribution in [3.05, 3.63) is 34.9 Å². The summed E-state index contributed by atoms with van der Waals surface area (Å²) in [6, 6.07) is 5.42. The highest BCUT2D eigenvalue weighted by Gasteiger charge is 2.46. The molecule has 1 saturated heterocycles. The lowest BCUT2D eigenvalue weighted by molar-refractivity contribution is -0.197. The van der Waals surface area contributed by atoms with Gasteiger partial charge in [0.05, 0.1) is 31.5 Å². The summed E-state index contributed by atoms with van der Waals surface area (Å²) >= 11 is 0. The Morgan fingerprint density at radius 2 is 1.88 bits per heavy atom. The van der Waals surface area contributed by atoms with Crippen LogP contribution in [0.5, 0.6) is 5.75 Å². The van der Waals surface area contributed by atoms with Crippen LogP contribution in [-0.2, 0) is 9.47 Å². The molecule has 0 unspecified atom stereocenters. The standard InChI is InChI=1S/C19H24O5/c1-14(11-15-3-4-17(22-2)16(12-15)13-20)18(21)5-7-19(8-6-18)23-9-10-24-19/h3-4,11-13,21H,5-10H2,1-2H3/b14-11+. The van der Waals surface area contributed by atoms with Crippen LogP contribution in [0.2, 0.25) is 0 Å². The van der Waals surface area contributed by atoms with E-state index in [1.165, 1.54) is 7.11 Å². The zero-order valence-electron chi connectivity index (χ0n) is 14.2. The first-order valence-corrected chi connectivity index (χ1v) is 8.33. The van der Waals surface area contributed by atoms with E-state index in [1.807, 2.05) is 19.1 Å². The van der Waals surface area contributed by atoms with Crippen molar-refractivity contribution >= 4 is 12.4 Å². The summed E-state index contributed by atoms with van der Waals surface area (Å²) in [4.78, 5) is 11.2. The molecule has 3 rings (SSSR count). The number of carbonyl (C=O) groups is 1. The normalized spacial score (nSPS) is 22.5. The summed E-state index contributed by atoms with van der Waals surface area (Å²) in [6.45, 7) is 3.19. The lowest BCUT2D eigenvalue weighted by Crippen LogP contribution is -2.44. The lowest BCUT2D eigenvalue weighted by atomic mass is 9.76.